The Labute approximate surface area is 291 Å². The van der Waals surface area contributed by atoms with Gasteiger partial charge in [-0.05, 0) is 52.4 Å². The van der Waals surface area contributed by atoms with Crippen molar-refractivity contribution in [2.75, 3.05) is 41.0 Å². The molecule has 0 aromatic heterocycles. The molecule has 0 spiro atoms. The number of para-hydroxylation sites is 1. The van der Waals surface area contributed by atoms with Gasteiger partial charge in [-0.3, -0.25) is 9.59 Å². The van der Waals surface area contributed by atoms with Gasteiger partial charge < -0.3 is 29.1 Å². The number of carbonyl (C=O) groups excluding carboxylic acids is 2. The zero-order valence-electron chi connectivity index (χ0n) is 27.7. The van der Waals surface area contributed by atoms with Crippen molar-refractivity contribution in [3.63, 3.8) is 0 Å². The predicted molar refractivity (Wildman–Crippen MR) is 186 cm³/mol. The summed E-state index contributed by atoms with van der Waals surface area (Å²) in [6.07, 6.45) is -0.488. The molecule has 2 aliphatic rings. The van der Waals surface area contributed by atoms with Crippen LogP contribution >= 0.6 is 11.6 Å². The van der Waals surface area contributed by atoms with Gasteiger partial charge in [0.05, 0.1) is 32.1 Å². The van der Waals surface area contributed by atoms with Crippen LogP contribution in [0.1, 0.15) is 40.5 Å². The summed E-state index contributed by atoms with van der Waals surface area (Å²) in [6.45, 7) is 0.447. The van der Waals surface area contributed by atoms with Gasteiger partial charge in [-0.15, -0.1) is 0 Å². The van der Waals surface area contributed by atoms with E-state index in [9.17, 15) is 19.5 Å². The van der Waals surface area contributed by atoms with Crippen molar-refractivity contribution in [2.45, 2.75) is 30.7 Å². The Kier molecular flexibility index (Phi) is 10.1. The van der Waals surface area contributed by atoms with Crippen LogP contribution in [0, 0.1) is 5.92 Å². The lowest BCUT2D eigenvalue weighted by molar-refractivity contribution is -0.145. The Balaban J connectivity index is 1.21. The number of hydrogen-bond donors (Lipinski definition) is 1. The van der Waals surface area contributed by atoms with Crippen LogP contribution in [0.5, 0.6) is 11.5 Å². The van der Waals surface area contributed by atoms with Crippen molar-refractivity contribution in [3.8, 4) is 22.6 Å². The molecule has 1 N–H and O–H groups in total. The molecule has 0 unspecified atom stereocenters. The number of carbonyl (C=O) groups is 3. The number of likely N-dealkylation sites (N-methyl/N-ethyl adjacent to an activating group) is 2. The number of benzene rings is 4. The molecule has 0 saturated heterocycles. The van der Waals surface area contributed by atoms with Gasteiger partial charge in [-0.1, -0.05) is 84.4 Å². The Morgan fingerprint density at radius 1 is 0.898 bits per heavy atom. The van der Waals surface area contributed by atoms with Gasteiger partial charge in [-0.25, -0.2) is 4.79 Å². The van der Waals surface area contributed by atoms with Crippen LogP contribution in [0.3, 0.4) is 0 Å². The first-order valence-corrected chi connectivity index (χ1v) is 16.6. The molecule has 9 nitrogen and oxygen atoms in total. The van der Waals surface area contributed by atoms with Gasteiger partial charge >= 0.3 is 12.1 Å². The van der Waals surface area contributed by atoms with E-state index in [1.165, 1.54) is 16.9 Å². The number of rotatable bonds is 12. The number of methoxy groups -OCH3 is 1. The molecular weight excluding hydrogens is 644 g/mol. The van der Waals surface area contributed by atoms with Gasteiger partial charge in [0.2, 0.25) is 5.91 Å². The van der Waals surface area contributed by atoms with E-state index in [1.54, 1.807) is 38.4 Å². The average molecular weight is 683 g/mol. The van der Waals surface area contributed by atoms with E-state index in [2.05, 4.69) is 24.3 Å². The molecule has 0 bridgehead atoms. The number of halogens is 1. The van der Waals surface area contributed by atoms with Crippen molar-refractivity contribution in [1.82, 2.24) is 9.80 Å². The second-order valence-electron chi connectivity index (χ2n) is 12.6. The highest BCUT2D eigenvalue weighted by molar-refractivity contribution is 6.30. The van der Waals surface area contributed by atoms with E-state index in [-0.39, 0.29) is 38.0 Å². The quantitative estimate of drug-likeness (QED) is 0.174. The van der Waals surface area contributed by atoms with Gasteiger partial charge in [0.15, 0.2) is 11.5 Å². The Morgan fingerprint density at radius 3 is 2.16 bits per heavy atom. The number of fused-ring (bicyclic) bond motifs is 4. The molecule has 10 heteroatoms. The summed E-state index contributed by atoms with van der Waals surface area (Å²) in [5, 5.41) is 10.4. The zero-order chi connectivity index (χ0) is 34.7. The number of nitrogens with zero attached hydrogens (tertiary/aromatic N) is 2. The summed E-state index contributed by atoms with van der Waals surface area (Å²) < 4.78 is 17.3. The lowest BCUT2D eigenvalue weighted by Gasteiger charge is -2.33. The van der Waals surface area contributed by atoms with E-state index in [4.69, 9.17) is 25.8 Å². The molecule has 0 radical (unpaired) electrons. The minimum absolute atomic E-state index is 0.101. The summed E-state index contributed by atoms with van der Waals surface area (Å²) in [5.74, 6) is -1.86. The largest absolute Gasteiger partial charge is 0.493 e. The maximum Gasteiger partial charge on any atom is 0.409 e. The minimum Gasteiger partial charge on any atom is -0.493 e. The van der Waals surface area contributed by atoms with E-state index in [0.29, 0.717) is 22.9 Å². The third kappa shape index (κ3) is 7.08. The van der Waals surface area contributed by atoms with Crippen LogP contribution < -0.4 is 9.47 Å². The molecule has 4 aromatic rings. The first kappa shape index (κ1) is 33.9. The maximum absolute atomic E-state index is 14.1. The summed E-state index contributed by atoms with van der Waals surface area (Å²) in [4.78, 5) is 42.9. The second-order valence-corrected chi connectivity index (χ2v) is 13.1. The highest BCUT2D eigenvalue weighted by Crippen LogP contribution is 2.46. The predicted octanol–water partition coefficient (Wildman–Crippen LogP) is 6.87. The van der Waals surface area contributed by atoms with Crippen molar-refractivity contribution in [3.05, 3.63) is 118 Å². The van der Waals surface area contributed by atoms with Crippen molar-refractivity contribution in [2.24, 2.45) is 5.92 Å². The molecule has 2 amide bonds. The van der Waals surface area contributed by atoms with Gasteiger partial charge in [0, 0.05) is 43.1 Å². The number of amides is 2. The number of ether oxygens (including phenoxy) is 3. The fourth-order valence-electron chi connectivity index (χ4n) is 7.08. The van der Waals surface area contributed by atoms with Crippen molar-refractivity contribution >= 4 is 29.6 Å². The summed E-state index contributed by atoms with van der Waals surface area (Å²) >= 11 is 6.15. The third-order valence-electron chi connectivity index (χ3n) is 9.65. The lowest BCUT2D eigenvalue weighted by atomic mass is 9.84. The number of carboxylic acid groups (broad SMARTS) is 1. The van der Waals surface area contributed by atoms with Crippen LogP contribution in [0.15, 0.2) is 91.0 Å². The normalized spacial score (nSPS) is 15.6. The molecule has 3 atom stereocenters. The maximum atomic E-state index is 14.1. The third-order valence-corrected chi connectivity index (χ3v) is 9.90. The molecule has 6 rings (SSSR count). The van der Waals surface area contributed by atoms with Crippen LogP contribution in [-0.2, 0) is 20.7 Å². The molecule has 0 fully saturated rings. The Bertz CT molecular complexity index is 1800. The molecular formula is C39H39ClN2O7. The average Bonchev–Trinajstić information content (AvgIpc) is 3.69. The fourth-order valence-corrected chi connectivity index (χ4v) is 7.20. The van der Waals surface area contributed by atoms with Crippen LogP contribution in [0.2, 0.25) is 5.02 Å². The molecule has 0 saturated carbocycles. The molecule has 1 aliphatic carbocycles. The summed E-state index contributed by atoms with van der Waals surface area (Å²) in [6, 6.07) is 28.5. The molecule has 254 valence electrons. The van der Waals surface area contributed by atoms with E-state index in [1.807, 2.05) is 42.5 Å². The Morgan fingerprint density at radius 2 is 1.53 bits per heavy atom. The second kappa shape index (κ2) is 14.6. The molecule has 49 heavy (non-hydrogen) atoms. The van der Waals surface area contributed by atoms with Crippen molar-refractivity contribution < 1.29 is 33.7 Å². The first-order valence-electron chi connectivity index (χ1n) is 16.2. The monoisotopic (exact) mass is 682 g/mol. The lowest BCUT2D eigenvalue weighted by Crippen LogP contribution is -2.48. The topological polar surface area (TPSA) is 106 Å². The Hall–Kier alpha value is -5.02. The van der Waals surface area contributed by atoms with Crippen molar-refractivity contribution in [1.29, 1.82) is 0 Å². The number of hydrogen-bond acceptors (Lipinski definition) is 6. The molecule has 4 aromatic carbocycles. The van der Waals surface area contributed by atoms with E-state index in [0.717, 1.165) is 33.4 Å². The number of carboxylic acids is 1. The summed E-state index contributed by atoms with van der Waals surface area (Å²) in [7, 11) is 4.84. The SMILES string of the molecule is COc1cccc2c1OC[C@@H]2[C@H](CC(=O)O)C(=O)N(C)C[C@@H](Cc1ccc(Cl)cc1)N(C)C(=O)OCC1c2ccccc2-c2ccccc21. The van der Waals surface area contributed by atoms with Gasteiger partial charge in [-0.2, -0.15) is 0 Å². The zero-order valence-corrected chi connectivity index (χ0v) is 28.4. The van der Waals surface area contributed by atoms with Gasteiger partial charge in [0.1, 0.15) is 6.61 Å². The fraction of sp³-hybridized carbons (Fsp3) is 0.308. The minimum atomic E-state index is -1.09. The highest BCUT2D eigenvalue weighted by Gasteiger charge is 2.40. The van der Waals surface area contributed by atoms with E-state index >= 15 is 0 Å². The number of aliphatic carboxylic acids is 1. The smallest absolute Gasteiger partial charge is 0.409 e. The standard InChI is InChI=1S/C39H39ClN2O7/c1-41(38(45)32(20-36(43)44)34-22-48-37-31(34)13-8-14-35(37)47-3)21-26(19-24-15-17-25(40)18-16-24)42(2)39(46)49-23-33-29-11-6-4-9-27(29)28-10-5-7-12-30(28)33/h4-18,26,32-34H,19-23H2,1-3H3,(H,43,44)/t26-,32+,34+/m1/s1. The van der Waals surface area contributed by atoms with Crippen LogP contribution in [0.4, 0.5) is 4.79 Å². The first-order chi connectivity index (χ1) is 23.7. The molecule has 1 heterocycles. The van der Waals surface area contributed by atoms with E-state index < -0.39 is 29.9 Å². The molecule has 1 aliphatic heterocycles. The van der Waals surface area contributed by atoms with Crippen LogP contribution in [-0.4, -0.2) is 79.9 Å². The van der Waals surface area contributed by atoms with Gasteiger partial charge in [0.25, 0.3) is 0 Å². The van der Waals surface area contributed by atoms with Crippen LogP contribution in [0.25, 0.3) is 11.1 Å². The summed E-state index contributed by atoms with van der Waals surface area (Å²) in [5.41, 5.74) is 6.15. The highest BCUT2D eigenvalue weighted by atomic mass is 35.5.